The fourth-order valence-corrected chi connectivity index (χ4v) is 4.39. The maximum absolute atomic E-state index is 10.1. The molecule has 1 aromatic heterocycles. The summed E-state index contributed by atoms with van der Waals surface area (Å²) in [6.45, 7) is -1.63. The molecule has 3 aromatic carbocycles. The first-order valence-corrected chi connectivity index (χ1v) is 10.1. The maximum Gasteiger partial charge on any atom is 0.217 e. The van der Waals surface area contributed by atoms with E-state index in [0.717, 1.165) is 16.5 Å². The molecule has 2 aliphatic rings. The summed E-state index contributed by atoms with van der Waals surface area (Å²) in [6.07, 6.45) is 0. The summed E-state index contributed by atoms with van der Waals surface area (Å²) in [5.74, 6) is 1.42. The molecule has 4 aromatic rings. The van der Waals surface area contributed by atoms with Gasteiger partial charge in [0.15, 0.2) is 0 Å². The van der Waals surface area contributed by atoms with E-state index in [4.69, 9.17) is 8.85 Å². The van der Waals surface area contributed by atoms with Gasteiger partial charge in [-0.05, 0) is 30.1 Å². The van der Waals surface area contributed by atoms with E-state index < -0.39 is 12.9 Å². The predicted octanol–water partition coefficient (Wildman–Crippen LogP) is 5.24. The van der Waals surface area contributed by atoms with Crippen molar-refractivity contribution in [2.45, 2.75) is 25.5 Å². The van der Waals surface area contributed by atoms with Crippen molar-refractivity contribution >= 4 is 16.7 Å². The number of aliphatic imine (C=N–C) groups is 1. The number of para-hydroxylation sites is 1. The van der Waals surface area contributed by atoms with Gasteiger partial charge < -0.3 is 19.7 Å². The zero-order valence-electron chi connectivity index (χ0n) is 19.8. The Morgan fingerprint density at radius 2 is 1.94 bits per heavy atom. The van der Waals surface area contributed by atoms with Crippen molar-refractivity contribution in [3.8, 4) is 17.4 Å². The van der Waals surface area contributed by atoms with E-state index >= 15 is 0 Å². The van der Waals surface area contributed by atoms with Crippen LogP contribution in [0.2, 0.25) is 0 Å². The minimum atomic E-state index is -2.23. The first-order valence-electron chi connectivity index (χ1n) is 11.6. The molecular formula is C26H20N3O2Pt-. The third-order valence-corrected chi connectivity index (χ3v) is 5.78. The van der Waals surface area contributed by atoms with Gasteiger partial charge in [-0.15, -0.1) is 23.8 Å². The van der Waals surface area contributed by atoms with Crippen LogP contribution in [0.15, 0.2) is 77.8 Å². The Balaban J connectivity index is 0.00000253. The zero-order valence-corrected chi connectivity index (χ0v) is 19.1. The predicted molar refractivity (Wildman–Crippen MR) is 119 cm³/mol. The second kappa shape index (κ2) is 8.07. The number of hydrogen-bond acceptors (Lipinski definition) is 5. The van der Waals surface area contributed by atoms with Crippen LogP contribution in [-0.2, 0) is 27.6 Å². The van der Waals surface area contributed by atoms with Gasteiger partial charge in [0.25, 0.3) is 0 Å². The number of ether oxygens (including phenoxy) is 1. The molecule has 0 bridgehead atoms. The normalized spacial score (nSPS) is 20.4. The van der Waals surface area contributed by atoms with Crippen LogP contribution < -0.4 is 4.74 Å². The third kappa shape index (κ3) is 3.37. The van der Waals surface area contributed by atoms with Gasteiger partial charge in [0.2, 0.25) is 5.88 Å². The van der Waals surface area contributed by atoms with E-state index in [-0.39, 0.29) is 32.9 Å². The molecule has 6 rings (SSSR count). The molecule has 1 N–H and O–H groups in total. The van der Waals surface area contributed by atoms with Gasteiger partial charge >= 0.3 is 0 Å². The Hall–Kier alpha value is -3.17. The Bertz CT molecular complexity index is 1460. The van der Waals surface area contributed by atoms with Gasteiger partial charge in [0.05, 0.1) is 12.1 Å². The standard InChI is InChI=1S/C26H20N3O2.Pt/c1-16-25-21-10-3-2-6-19(21)15-29(25)26(27-16)18-8-4-9-20(14-18)31-23-13-12-17-7-5-11-22(30)24(17)28-23;/h2-13,16,25,30H,15H2,1H3;/q-1;/t16-,25+;/m0./s1/i1D3;. The van der Waals surface area contributed by atoms with Gasteiger partial charge in [-0.3, -0.25) is 0 Å². The molecule has 0 saturated carbocycles. The van der Waals surface area contributed by atoms with Crippen LogP contribution >= 0.6 is 0 Å². The molecule has 2 atom stereocenters. The van der Waals surface area contributed by atoms with Crippen molar-refractivity contribution in [2.24, 2.45) is 4.99 Å². The summed E-state index contributed by atoms with van der Waals surface area (Å²) >= 11 is 0. The Morgan fingerprint density at radius 3 is 2.84 bits per heavy atom. The van der Waals surface area contributed by atoms with Gasteiger partial charge in [-0.2, -0.15) is 0 Å². The number of amidine groups is 1. The number of phenols is 1. The van der Waals surface area contributed by atoms with Crippen LogP contribution in [0.5, 0.6) is 17.4 Å². The molecule has 0 fully saturated rings. The van der Waals surface area contributed by atoms with E-state index in [1.54, 1.807) is 24.3 Å². The number of aromatic hydroxyl groups is 1. The van der Waals surface area contributed by atoms with Crippen molar-refractivity contribution in [2.75, 3.05) is 0 Å². The van der Waals surface area contributed by atoms with Crippen LogP contribution in [0.3, 0.4) is 0 Å². The third-order valence-electron chi connectivity index (χ3n) is 5.78. The SMILES string of the molecule is [2H]C([2H])([2H])[C@@H]1N=C(c2[c-]c(Oc3ccc4cccc(O)c4n3)ccc2)N2Cc3ccccc3[C@@H]12.[Pt]. The number of phenolic OH excluding ortho intramolecular Hbond substituents is 1. The zero-order chi connectivity index (χ0) is 23.4. The number of benzene rings is 3. The van der Waals surface area contributed by atoms with Gasteiger partial charge in [0, 0.05) is 54.8 Å². The number of aromatic nitrogens is 1. The van der Waals surface area contributed by atoms with Crippen LogP contribution in [0, 0.1) is 6.07 Å². The van der Waals surface area contributed by atoms with E-state index in [9.17, 15) is 5.11 Å². The van der Waals surface area contributed by atoms with E-state index in [1.165, 1.54) is 0 Å². The second-order valence-electron chi connectivity index (χ2n) is 7.70. The van der Waals surface area contributed by atoms with Crippen LogP contribution in [-0.4, -0.2) is 26.9 Å². The topological polar surface area (TPSA) is 58.0 Å². The molecular weight excluding hydrogens is 581 g/mol. The molecule has 32 heavy (non-hydrogen) atoms. The van der Waals surface area contributed by atoms with Gasteiger partial charge in [0.1, 0.15) is 11.3 Å². The minimum absolute atomic E-state index is 0. The molecule has 6 heteroatoms. The molecule has 0 unspecified atom stereocenters. The molecule has 0 radical (unpaired) electrons. The number of nitrogens with zero attached hydrogens (tertiary/aromatic N) is 3. The van der Waals surface area contributed by atoms with Gasteiger partial charge in [-0.25, -0.2) is 4.98 Å². The molecule has 3 heterocycles. The molecule has 5 nitrogen and oxygen atoms in total. The summed E-state index contributed by atoms with van der Waals surface area (Å²) in [4.78, 5) is 11.1. The van der Waals surface area contributed by atoms with Crippen molar-refractivity contribution < 1.29 is 35.0 Å². The molecule has 0 spiro atoms. The van der Waals surface area contributed by atoms with Crippen molar-refractivity contribution in [3.05, 3.63) is 95.6 Å². The number of rotatable bonds is 3. The quantitative estimate of drug-likeness (QED) is 0.326. The van der Waals surface area contributed by atoms with Crippen LogP contribution in [0.1, 0.15) is 33.7 Å². The number of fused-ring (bicyclic) bond motifs is 4. The fraction of sp³-hybridized carbons (Fsp3) is 0.154. The van der Waals surface area contributed by atoms with Crippen molar-refractivity contribution in [1.29, 1.82) is 0 Å². The molecule has 0 amide bonds. The molecule has 0 saturated heterocycles. The average Bonchev–Trinajstić information content (AvgIpc) is 3.37. The second-order valence-corrected chi connectivity index (χ2v) is 7.70. The van der Waals surface area contributed by atoms with Crippen molar-refractivity contribution in [1.82, 2.24) is 9.88 Å². The molecule has 0 aliphatic carbocycles. The van der Waals surface area contributed by atoms with Crippen molar-refractivity contribution in [3.63, 3.8) is 0 Å². The molecule has 2 aliphatic heterocycles. The largest absolute Gasteiger partial charge is 0.506 e. The van der Waals surface area contributed by atoms with Crippen LogP contribution in [0.4, 0.5) is 0 Å². The minimum Gasteiger partial charge on any atom is -0.506 e. The first kappa shape index (κ1) is 17.4. The summed E-state index contributed by atoms with van der Waals surface area (Å²) in [5.41, 5.74) is 3.23. The van der Waals surface area contributed by atoms with E-state index in [2.05, 4.69) is 16.0 Å². The Morgan fingerprint density at radius 1 is 1.06 bits per heavy atom. The summed E-state index contributed by atoms with van der Waals surface area (Å²) in [6, 6.07) is 24.2. The first-order chi connectivity index (χ1) is 16.4. The summed E-state index contributed by atoms with van der Waals surface area (Å²) in [7, 11) is 0. The van der Waals surface area contributed by atoms with E-state index in [0.29, 0.717) is 35.1 Å². The Kier molecular flexibility index (Phi) is 4.38. The average molecular weight is 605 g/mol. The number of pyridine rings is 1. The maximum atomic E-state index is 10.1. The summed E-state index contributed by atoms with van der Waals surface area (Å²) in [5, 5.41) is 10.9. The Labute approximate surface area is 204 Å². The fourth-order valence-electron chi connectivity index (χ4n) is 4.39. The number of hydrogen-bond donors (Lipinski definition) is 1. The summed E-state index contributed by atoms with van der Waals surface area (Å²) < 4.78 is 30.2. The van der Waals surface area contributed by atoms with E-state index in [1.807, 2.05) is 53.4 Å². The van der Waals surface area contributed by atoms with Crippen LogP contribution in [0.25, 0.3) is 10.9 Å². The monoisotopic (exact) mass is 604 g/mol. The van der Waals surface area contributed by atoms with Gasteiger partial charge in [-0.1, -0.05) is 42.5 Å². The smallest absolute Gasteiger partial charge is 0.217 e. The molecule has 162 valence electrons.